The largest absolute Gasteiger partial charge is 0.468 e. The molecular weight excluding hydrogens is 340 g/mol. The Morgan fingerprint density at radius 3 is 2.83 bits per heavy atom. The number of carbonyl (C=O) groups excluding carboxylic acids is 1. The summed E-state index contributed by atoms with van der Waals surface area (Å²) in [5, 5.41) is 5.56. The van der Waals surface area contributed by atoms with Gasteiger partial charge in [0.25, 0.3) is 0 Å². The fraction of sp³-hybridized carbons (Fsp3) is 0.429. The number of thiophene rings is 1. The maximum Gasteiger partial charge on any atom is 0.328 e. The van der Waals surface area contributed by atoms with Gasteiger partial charge in [0.05, 0.1) is 7.11 Å². The Morgan fingerprint density at radius 1 is 1.48 bits per heavy atom. The Bertz CT molecular complexity index is 833. The molecule has 0 aromatic carbocycles. The maximum atomic E-state index is 13.1. The molecular formula is C14H16N2O5S2. The number of esters is 1. The van der Waals surface area contributed by atoms with Gasteiger partial charge in [-0.25, -0.2) is 13.2 Å². The van der Waals surface area contributed by atoms with Crippen LogP contribution in [0.4, 0.5) is 0 Å². The molecule has 23 heavy (non-hydrogen) atoms. The molecule has 124 valence electrons. The number of sulfonamides is 1. The van der Waals surface area contributed by atoms with Crippen LogP contribution in [0.5, 0.6) is 0 Å². The lowest BCUT2D eigenvalue weighted by atomic mass is 10.0. The van der Waals surface area contributed by atoms with Crippen molar-refractivity contribution in [2.45, 2.75) is 31.2 Å². The van der Waals surface area contributed by atoms with Crippen LogP contribution in [0.25, 0.3) is 0 Å². The Labute approximate surface area is 137 Å². The number of nitrogens with zero attached hydrogens (tertiary/aromatic N) is 2. The molecule has 1 unspecified atom stereocenters. The molecule has 0 saturated heterocycles. The molecule has 0 bridgehead atoms. The van der Waals surface area contributed by atoms with E-state index in [-0.39, 0.29) is 22.9 Å². The number of aryl methyl sites for hydroxylation is 2. The third kappa shape index (κ3) is 2.48. The molecule has 3 heterocycles. The van der Waals surface area contributed by atoms with Crippen LogP contribution in [-0.4, -0.2) is 37.5 Å². The van der Waals surface area contributed by atoms with Crippen molar-refractivity contribution in [3.63, 3.8) is 0 Å². The van der Waals surface area contributed by atoms with E-state index in [9.17, 15) is 13.2 Å². The first-order valence-corrected chi connectivity index (χ1v) is 9.28. The lowest BCUT2D eigenvalue weighted by Gasteiger charge is -2.32. The third-order valence-corrected chi connectivity index (χ3v) is 6.99. The van der Waals surface area contributed by atoms with E-state index >= 15 is 0 Å². The molecule has 2 aromatic rings. The highest BCUT2D eigenvalue weighted by Crippen LogP contribution is 2.38. The number of methoxy groups -OCH3 is 1. The van der Waals surface area contributed by atoms with Gasteiger partial charge in [0, 0.05) is 11.4 Å². The van der Waals surface area contributed by atoms with Gasteiger partial charge in [-0.15, -0.1) is 11.3 Å². The number of ether oxygens (including phenoxy) is 1. The zero-order valence-electron chi connectivity index (χ0n) is 12.9. The quantitative estimate of drug-likeness (QED) is 0.779. The zero-order chi connectivity index (χ0) is 16.8. The lowest BCUT2D eigenvalue weighted by Crippen LogP contribution is -2.43. The van der Waals surface area contributed by atoms with E-state index in [0.717, 1.165) is 4.88 Å². The Hall–Kier alpha value is -1.71. The van der Waals surface area contributed by atoms with Crippen molar-refractivity contribution in [3.05, 3.63) is 33.3 Å². The second kappa shape index (κ2) is 5.73. The fourth-order valence-electron chi connectivity index (χ4n) is 2.87. The second-order valence-corrected chi connectivity index (χ2v) is 8.07. The first kappa shape index (κ1) is 16.2. The number of fused-ring (bicyclic) bond motifs is 1. The van der Waals surface area contributed by atoms with Crippen LogP contribution in [0.2, 0.25) is 0 Å². The predicted molar refractivity (Wildman–Crippen MR) is 82.6 cm³/mol. The number of rotatable bonds is 3. The van der Waals surface area contributed by atoms with Crippen molar-refractivity contribution in [1.29, 1.82) is 0 Å². The molecule has 0 radical (unpaired) electrons. The van der Waals surface area contributed by atoms with E-state index in [0.29, 0.717) is 12.0 Å². The SMILES string of the molecule is COC(=O)C1c2ccsc2CCN1S(=O)(=O)c1c(C)noc1C. The molecule has 3 rings (SSSR count). The van der Waals surface area contributed by atoms with Crippen LogP contribution in [0.3, 0.4) is 0 Å². The van der Waals surface area contributed by atoms with Gasteiger partial charge in [-0.2, -0.15) is 4.31 Å². The highest BCUT2D eigenvalue weighted by molar-refractivity contribution is 7.89. The van der Waals surface area contributed by atoms with Gasteiger partial charge in [0.15, 0.2) is 5.76 Å². The van der Waals surface area contributed by atoms with Crippen molar-refractivity contribution < 1.29 is 22.5 Å². The van der Waals surface area contributed by atoms with Crippen LogP contribution in [0, 0.1) is 13.8 Å². The van der Waals surface area contributed by atoms with Crippen molar-refractivity contribution in [3.8, 4) is 0 Å². The van der Waals surface area contributed by atoms with Crippen molar-refractivity contribution >= 4 is 27.3 Å². The summed E-state index contributed by atoms with van der Waals surface area (Å²) in [4.78, 5) is 13.3. The Balaban J connectivity index is 2.13. The predicted octanol–water partition coefficient (Wildman–Crippen LogP) is 1.81. The summed E-state index contributed by atoms with van der Waals surface area (Å²) in [5.41, 5.74) is 0.964. The van der Waals surface area contributed by atoms with Crippen LogP contribution in [0.1, 0.15) is 27.9 Å². The highest BCUT2D eigenvalue weighted by atomic mass is 32.2. The average Bonchev–Trinajstić information content (AvgIpc) is 3.11. The number of hydrogen-bond donors (Lipinski definition) is 0. The van der Waals surface area contributed by atoms with Crippen molar-refractivity contribution in [1.82, 2.24) is 9.46 Å². The second-order valence-electron chi connectivity index (χ2n) is 5.24. The van der Waals surface area contributed by atoms with Crippen LogP contribution in [0.15, 0.2) is 20.9 Å². The lowest BCUT2D eigenvalue weighted by molar-refractivity contribution is -0.145. The van der Waals surface area contributed by atoms with E-state index in [1.54, 1.807) is 19.9 Å². The first-order chi connectivity index (χ1) is 10.9. The third-order valence-electron chi connectivity index (χ3n) is 3.88. The van der Waals surface area contributed by atoms with Gasteiger partial charge < -0.3 is 9.26 Å². The monoisotopic (exact) mass is 356 g/mol. The van der Waals surface area contributed by atoms with E-state index in [2.05, 4.69) is 5.16 Å². The molecule has 0 aliphatic carbocycles. The minimum atomic E-state index is -3.92. The summed E-state index contributed by atoms with van der Waals surface area (Å²) in [6, 6.07) is 0.796. The summed E-state index contributed by atoms with van der Waals surface area (Å²) >= 11 is 1.51. The molecule has 0 N–H and O–H groups in total. The summed E-state index contributed by atoms with van der Waals surface area (Å²) in [5.74, 6) is -0.387. The minimum absolute atomic E-state index is 0.0186. The van der Waals surface area contributed by atoms with Gasteiger partial charge in [-0.1, -0.05) is 5.16 Å². The average molecular weight is 356 g/mol. The van der Waals surface area contributed by atoms with Crippen molar-refractivity contribution in [2.75, 3.05) is 13.7 Å². The van der Waals surface area contributed by atoms with E-state index in [4.69, 9.17) is 9.26 Å². The summed E-state index contributed by atoms with van der Waals surface area (Å²) < 4.78 is 37.1. The van der Waals surface area contributed by atoms with E-state index in [1.165, 1.54) is 22.8 Å². The van der Waals surface area contributed by atoms with Crippen LogP contribution in [-0.2, 0) is 26.0 Å². The molecule has 1 atom stereocenters. The van der Waals surface area contributed by atoms with Gasteiger partial charge in [0.1, 0.15) is 16.6 Å². The minimum Gasteiger partial charge on any atom is -0.468 e. The molecule has 0 saturated carbocycles. The Kier molecular flexibility index (Phi) is 4.03. The first-order valence-electron chi connectivity index (χ1n) is 6.96. The van der Waals surface area contributed by atoms with E-state index < -0.39 is 22.0 Å². The molecule has 0 spiro atoms. The molecule has 9 heteroatoms. The normalized spacial score (nSPS) is 18.7. The molecule has 7 nitrogen and oxygen atoms in total. The molecule has 2 aromatic heterocycles. The topological polar surface area (TPSA) is 89.7 Å². The standard InChI is InChI=1S/C14H16N2O5S2/c1-8-13(9(2)21-15-8)23(18,19)16-6-4-11-10(5-7-22-11)12(16)14(17)20-3/h5,7,12H,4,6H2,1-3H3. The summed E-state index contributed by atoms with van der Waals surface area (Å²) in [7, 11) is -2.67. The van der Waals surface area contributed by atoms with Gasteiger partial charge in [-0.3, -0.25) is 0 Å². The summed E-state index contributed by atoms with van der Waals surface area (Å²) in [6.07, 6.45) is 0.559. The Morgan fingerprint density at radius 2 is 2.22 bits per heavy atom. The molecule has 0 fully saturated rings. The van der Waals surface area contributed by atoms with Crippen molar-refractivity contribution in [2.24, 2.45) is 0 Å². The number of carbonyl (C=O) groups is 1. The number of aromatic nitrogens is 1. The smallest absolute Gasteiger partial charge is 0.328 e. The van der Waals surface area contributed by atoms with E-state index in [1.807, 2.05) is 5.38 Å². The zero-order valence-corrected chi connectivity index (χ0v) is 14.5. The van der Waals surface area contributed by atoms with Gasteiger partial charge in [0.2, 0.25) is 10.0 Å². The van der Waals surface area contributed by atoms with Gasteiger partial charge in [-0.05, 0) is 37.3 Å². The number of hydrogen-bond acceptors (Lipinski definition) is 7. The van der Waals surface area contributed by atoms with Crippen LogP contribution < -0.4 is 0 Å². The van der Waals surface area contributed by atoms with Crippen LogP contribution >= 0.6 is 11.3 Å². The highest BCUT2D eigenvalue weighted by Gasteiger charge is 2.43. The summed E-state index contributed by atoms with van der Waals surface area (Å²) in [6.45, 7) is 3.32. The molecule has 0 amide bonds. The maximum absolute atomic E-state index is 13.1. The van der Waals surface area contributed by atoms with Gasteiger partial charge >= 0.3 is 5.97 Å². The fourth-order valence-corrected chi connectivity index (χ4v) is 5.63. The molecule has 1 aliphatic rings. The molecule has 1 aliphatic heterocycles.